The van der Waals surface area contributed by atoms with E-state index in [1.165, 1.54) is 0 Å². The molecule has 2 aromatic rings. The Balaban J connectivity index is 1.87. The van der Waals surface area contributed by atoms with E-state index in [0.29, 0.717) is 5.76 Å². The molecule has 0 aromatic carbocycles. The van der Waals surface area contributed by atoms with E-state index in [2.05, 4.69) is 4.98 Å². The average Bonchev–Trinajstić information content (AvgIpc) is 3.07. The van der Waals surface area contributed by atoms with Crippen molar-refractivity contribution < 1.29 is 9.21 Å². The first-order valence-electron chi connectivity index (χ1n) is 6.94. The van der Waals surface area contributed by atoms with Gasteiger partial charge in [0.25, 0.3) is 5.91 Å². The number of carbonyl (C=O) groups is 1. The number of likely N-dealkylation sites (tertiary alicyclic amines) is 1. The van der Waals surface area contributed by atoms with Gasteiger partial charge in [-0.25, -0.2) is 4.98 Å². The molecule has 106 valence electrons. The van der Waals surface area contributed by atoms with Crippen molar-refractivity contribution >= 4 is 17.2 Å². The summed E-state index contributed by atoms with van der Waals surface area (Å²) in [5.41, 5.74) is 1.02. The summed E-state index contributed by atoms with van der Waals surface area (Å²) >= 11 is 1.64. The number of amides is 1. The minimum absolute atomic E-state index is 0.0179. The van der Waals surface area contributed by atoms with E-state index in [-0.39, 0.29) is 11.9 Å². The zero-order chi connectivity index (χ0) is 14.1. The Kier molecular flexibility index (Phi) is 3.61. The molecule has 3 rings (SSSR count). The second-order valence-corrected chi connectivity index (χ2v) is 6.14. The third kappa shape index (κ3) is 2.50. The normalized spacial score (nSPS) is 19.3. The van der Waals surface area contributed by atoms with Crippen LogP contribution >= 0.6 is 11.3 Å². The molecular weight excluding hydrogens is 272 g/mol. The SMILES string of the molecule is Cc1csc(C2CCCCN2C(=O)c2ccc(C)o2)n1. The standard InChI is InChI=1S/C15H18N2O2S/c1-10-9-20-14(16-10)12-5-3-4-8-17(12)15(18)13-7-6-11(2)19-13/h6-7,9,12H,3-5,8H2,1-2H3. The lowest BCUT2D eigenvalue weighted by atomic mass is 10.0. The molecule has 20 heavy (non-hydrogen) atoms. The predicted octanol–water partition coefficient (Wildman–Crippen LogP) is 3.72. The third-order valence-corrected chi connectivity index (χ3v) is 4.70. The number of carbonyl (C=O) groups excluding carboxylic acids is 1. The Bertz CT molecular complexity index is 617. The summed E-state index contributed by atoms with van der Waals surface area (Å²) in [4.78, 5) is 19.1. The van der Waals surface area contributed by atoms with Gasteiger partial charge in [0.1, 0.15) is 10.8 Å². The van der Waals surface area contributed by atoms with Crippen molar-refractivity contribution in [3.05, 3.63) is 39.7 Å². The maximum atomic E-state index is 12.6. The minimum Gasteiger partial charge on any atom is -0.456 e. The lowest BCUT2D eigenvalue weighted by molar-refractivity contribution is 0.0577. The Morgan fingerprint density at radius 3 is 2.90 bits per heavy atom. The maximum Gasteiger partial charge on any atom is 0.290 e. The Hall–Kier alpha value is -1.62. The van der Waals surface area contributed by atoms with Crippen LogP contribution in [0.2, 0.25) is 0 Å². The van der Waals surface area contributed by atoms with Gasteiger partial charge in [-0.05, 0) is 45.2 Å². The third-order valence-electron chi connectivity index (χ3n) is 3.64. The lowest BCUT2D eigenvalue weighted by Crippen LogP contribution is -2.38. The van der Waals surface area contributed by atoms with Crippen LogP contribution in [0.3, 0.4) is 0 Å². The van der Waals surface area contributed by atoms with E-state index in [4.69, 9.17) is 4.42 Å². The molecule has 0 N–H and O–H groups in total. The monoisotopic (exact) mass is 290 g/mol. The van der Waals surface area contributed by atoms with Crippen LogP contribution in [0.1, 0.15) is 52.3 Å². The van der Waals surface area contributed by atoms with Crippen molar-refractivity contribution in [2.75, 3.05) is 6.54 Å². The summed E-state index contributed by atoms with van der Waals surface area (Å²) in [6.07, 6.45) is 3.18. The van der Waals surface area contributed by atoms with E-state index in [1.807, 2.05) is 30.2 Å². The maximum absolute atomic E-state index is 12.6. The number of thiazole rings is 1. The Labute approximate surface area is 122 Å². The van der Waals surface area contributed by atoms with E-state index in [1.54, 1.807) is 17.4 Å². The zero-order valence-electron chi connectivity index (χ0n) is 11.8. The van der Waals surface area contributed by atoms with Crippen LogP contribution in [0, 0.1) is 13.8 Å². The molecule has 1 saturated heterocycles. The molecular formula is C15H18N2O2S. The second kappa shape index (κ2) is 5.40. The van der Waals surface area contributed by atoms with Crippen LogP contribution in [0.5, 0.6) is 0 Å². The van der Waals surface area contributed by atoms with Crippen LogP contribution in [0.15, 0.2) is 21.9 Å². The predicted molar refractivity (Wildman–Crippen MR) is 77.9 cm³/mol. The summed E-state index contributed by atoms with van der Waals surface area (Å²) in [6, 6.07) is 3.69. The quantitative estimate of drug-likeness (QED) is 0.846. The van der Waals surface area contributed by atoms with Crippen molar-refractivity contribution in [1.29, 1.82) is 0 Å². The van der Waals surface area contributed by atoms with Gasteiger partial charge < -0.3 is 9.32 Å². The first-order chi connectivity index (χ1) is 9.65. The summed E-state index contributed by atoms with van der Waals surface area (Å²) in [5.74, 6) is 1.19. The van der Waals surface area contributed by atoms with E-state index < -0.39 is 0 Å². The Morgan fingerprint density at radius 2 is 2.25 bits per heavy atom. The van der Waals surface area contributed by atoms with Crippen LogP contribution < -0.4 is 0 Å². The van der Waals surface area contributed by atoms with Crippen molar-refractivity contribution in [2.24, 2.45) is 0 Å². The highest BCUT2D eigenvalue weighted by Crippen LogP contribution is 2.33. The van der Waals surface area contributed by atoms with Crippen molar-refractivity contribution in [3.63, 3.8) is 0 Å². The molecule has 0 spiro atoms. The fourth-order valence-electron chi connectivity index (χ4n) is 2.65. The van der Waals surface area contributed by atoms with Gasteiger partial charge in [-0.1, -0.05) is 0 Å². The molecule has 4 nitrogen and oxygen atoms in total. The summed E-state index contributed by atoms with van der Waals surface area (Å²) in [6.45, 7) is 4.63. The molecule has 1 aliphatic rings. The molecule has 0 radical (unpaired) electrons. The van der Waals surface area contributed by atoms with Gasteiger partial charge in [0.2, 0.25) is 0 Å². The van der Waals surface area contributed by atoms with Gasteiger partial charge in [-0.15, -0.1) is 11.3 Å². The van der Waals surface area contributed by atoms with Gasteiger partial charge in [0, 0.05) is 17.6 Å². The van der Waals surface area contributed by atoms with Gasteiger partial charge >= 0.3 is 0 Å². The molecule has 1 unspecified atom stereocenters. The van der Waals surface area contributed by atoms with E-state index in [9.17, 15) is 4.79 Å². The fourth-order valence-corrected chi connectivity index (χ4v) is 3.59. The molecule has 0 saturated carbocycles. The van der Waals surface area contributed by atoms with E-state index >= 15 is 0 Å². The molecule has 1 fully saturated rings. The summed E-state index contributed by atoms with van der Waals surface area (Å²) < 4.78 is 5.48. The first-order valence-corrected chi connectivity index (χ1v) is 7.82. The molecule has 0 bridgehead atoms. The van der Waals surface area contributed by atoms with Crippen LogP contribution in [-0.4, -0.2) is 22.3 Å². The molecule has 0 aliphatic carbocycles. The highest BCUT2D eigenvalue weighted by Gasteiger charge is 2.31. The second-order valence-electron chi connectivity index (χ2n) is 5.25. The molecule has 2 aromatic heterocycles. The van der Waals surface area contributed by atoms with Crippen molar-refractivity contribution in [1.82, 2.24) is 9.88 Å². The molecule has 1 aliphatic heterocycles. The van der Waals surface area contributed by atoms with Crippen molar-refractivity contribution in [2.45, 2.75) is 39.2 Å². The van der Waals surface area contributed by atoms with Crippen LogP contribution in [-0.2, 0) is 0 Å². The average molecular weight is 290 g/mol. The minimum atomic E-state index is -0.0179. The number of aryl methyl sites for hydroxylation is 2. The topological polar surface area (TPSA) is 46.3 Å². The van der Waals surface area contributed by atoms with Crippen LogP contribution in [0.4, 0.5) is 0 Å². The number of furan rings is 1. The number of aromatic nitrogens is 1. The molecule has 3 heterocycles. The van der Waals surface area contributed by atoms with Gasteiger partial charge in [-0.2, -0.15) is 0 Å². The van der Waals surface area contributed by atoms with Gasteiger partial charge in [-0.3, -0.25) is 4.79 Å². The number of hydrogen-bond acceptors (Lipinski definition) is 4. The summed E-state index contributed by atoms with van der Waals surface area (Å²) in [5, 5.41) is 3.09. The van der Waals surface area contributed by atoms with Gasteiger partial charge in [0.15, 0.2) is 5.76 Å². The lowest BCUT2D eigenvalue weighted by Gasteiger charge is -2.33. The smallest absolute Gasteiger partial charge is 0.290 e. The highest BCUT2D eigenvalue weighted by atomic mass is 32.1. The molecule has 1 atom stereocenters. The van der Waals surface area contributed by atoms with E-state index in [0.717, 1.165) is 42.3 Å². The zero-order valence-corrected chi connectivity index (χ0v) is 12.6. The number of rotatable bonds is 2. The first kappa shape index (κ1) is 13.4. The number of nitrogens with zero attached hydrogens (tertiary/aromatic N) is 2. The largest absolute Gasteiger partial charge is 0.456 e. The molecule has 5 heteroatoms. The van der Waals surface area contributed by atoms with Crippen molar-refractivity contribution in [3.8, 4) is 0 Å². The number of hydrogen-bond donors (Lipinski definition) is 0. The highest BCUT2D eigenvalue weighted by molar-refractivity contribution is 7.09. The number of piperidine rings is 1. The molecule has 1 amide bonds. The van der Waals surface area contributed by atoms with Gasteiger partial charge in [0.05, 0.1) is 6.04 Å². The summed E-state index contributed by atoms with van der Waals surface area (Å²) in [7, 11) is 0. The Morgan fingerprint density at radius 1 is 1.40 bits per heavy atom. The fraction of sp³-hybridized carbons (Fsp3) is 0.467. The van der Waals surface area contributed by atoms with Crippen LogP contribution in [0.25, 0.3) is 0 Å².